The molecule has 0 saturated carbocycles. The quantitative estimate of drug-likeness (QED) is 0.712. The van der Waals surface area contributed by atoms with E-state index in [9.17, 15) is 0 Å². The summed E-state index contributed by atoms with van der Waals surface area (Å²) < 4.78 is 0. The smallest absolute Gasteiger partial charge is 0.0396 e. The van der Waals surface area contributed by atoms with Gasteiger partial charge in [0.1, 0.15) is 0 Å². The molecule has 2 N–H and O–H groups in total. The molecule has 0 aromatic heterocycles. The average Bonchev–Trinajstić information content (AvgIpc) is 2.15. The van der Waals surface area contributed by atoms with Gasteiger partial charge in [-0.25, -0.2) is 0 Å². The van der Waals surface area contributed by atoms with Crippen molar-refractivity contribution in [3.63, 3.8) is 0 Å². The highest BCUT2D eigenvalue weighted by molar-refractivity contribution is 5.77. The predicted molar refractivity (Wildman–Crippen MR) is 70.5 cm³/mol. The summed E-state index contributed by atoms with van der Waals surface area (Å²) in [5.41, 5.74) is 13.0. The fourth-order valence-electron chi connectivity index (χ4n) is 2.08. The van der Waals surface area contributed by atoms with Crippen molar-refractivity contribution in [2.45, 2.75) is 20.8 Å². The molecule has 0 radical (unpaired) electrons. The lowest BCUT2D eigenvalue weighted by atomic mass is 9.98. The Morgan fingerprint density at radius 3 is 1.94 bits per heavy atom. The van der Waals surface area contributed by atoms with E-state index < -0.39 is 0 Å². The van der Waals surface area contributed by atoms with E-state index in [0.29, 0.717) is 0 Å². The molecular weight excluding hydrogens is 194 g/mol. The van der Waals surface area contributed by atoms with Gasteiger partial charge in [0.25, 0.3) is 0 Å². The number of hydrogen-bond donors (Lipinski definition) is 1. The molecule has 0 fully saturated rings. The number of anilines is 1. The van der Waals surface area contributed by atoms with E-state index in [1.54, 1.807) is 0 Å². The first-order chi connectivity index (χ1) is 7.56. The van der Waals surface area contributed by atoms with Crippen molar-refractivity contribution >= 4 is 5.69 Å². The Balaban J connectivity index is 2.58. The summed E-state index contributed by atoms with van der Waals surface area (Å²) in [6, 6.07) is 12.7. The van der Waals surface area contributed by atoms with Gasteiger partial charge in [0, 0.05) is 11.3 Å². The van der Waals surface area contributed by atoms with Crippen LogP contribution in [0.4, 0.5) is 5.69 Å². The highest BCUT2D eigenvalue weighted by Gasteiger charge is 2.03. The lowest BCUT2D eigenvalue weighted by molar-refractivity contribution is 1.38. The van der Waals surface area contributed by atoms with Crippen molar-refractivity contribution in [1.82, 2.24) is 0 Å². The lowest BCUT2D eigenvalue weighted by Crippen LogP contribution is -1.91. The van der Waals surface area contributed by atoms with Gasteiger partial charge in [0.05, 0.1) is 0 Å². The zero-order valence-corrected chi connectivity index (χ0v) is 10.0. The Labute approximate surface area is 96.9 Å². The summed E-state index contributed by atoms with van der Waals surface area (Å²) in [4.78, 5) is 0. The summed E-state index contributed by atoms with van der Waals surface area (Å²) in [5.74, 6) is 0. The van der Waals surface area contributed by atoms with Gasteiger partial charge < -0.3 is 5.73 Å². The highest BCUT2D eigenvalue weighted by atomic mass is 14.6. The van der Waals surface area contributed by atoms with Gasteiger partial charge in [-0.1, -0.05) is 41.5 Å². The van der Waals surface area contributed by atoms with E-state index in [0.717, 1.165) is 11.3 Å². The molecule has 0 amide bonds. The third kappa shape index (κ3) is 2.08. The van der Waals surface area contributed by atoms with Gasteiger partial charge in [-0.05, 0) is 38.0 Å². The van der Waals surface area contributed by atoms with Crippen LogP contribution in [-0.4, -0.2) is 0 Å². The zero-order valence-electron chi connectivity index (χ0n) is 10.0. The summed E-state index contributed by atoms with van der Waals surface area (Å²) in [5, 5.41) is 0. The van der Waals surface area contributed by atoms with E-state index >= 15 is 0 Å². The molecule has 0 bridgehead atoms. The summed E-state index contributed by atoms with van der Waals surface area (Å²) in [6.07, 6.45) is 0. The van der Waals surface area contributed by atoms with E-state index in [4.69, 9.17) is 5.73 Å². The minimum Gasteiger partial charge on any atom is -0.398 e. The number of hydrogen-bond acceptors (Lipinski definition) is 1. The van der Waals surface area contributed by atoms with Crippen molar-refractivity contribution in [2.24, 2.45) is 0 Å². The Morgan fingerprint density at radius 1 is 0.750 bits per heavy atom. The first-order valence-electron chi connectivity index (χ1n) is 5.51. The number of nitrogen functional groups attached to an aromatic ring is 1. The molecule has 0 heterocycles. The van der Waals surface area contributed by atoms with Gasteiger partial charge in [-0.2, -0.15) is 0 Å². The summed E-state index contributed by atoms with van der Waals surface area (Å²) in [7, 11) is 0. The first-order valence-corrected chi connectivity index (χ1v) is 5.51. The lowest BCUT2D eigenvalue weighted by Gasteiger charge is -2.09. The van der Waals surface area contributed by atoms with E-state index in [-0.39, 0.29) is 0 Å². The predicted octanol–water partition coefficient (Wildman–Crippen LogP) is 3.86. The van der Waals surface area contributed by atoms with E-state index in [1.165, 1.54) is 22.3 Å². The molecule has 0 atom stereocenters. The average molecular weight is 211 g/mol. The van der Waals surface area contributed by atoms with Crippen molar-refractivity contribution in [1.29, 1.82) is 0 Å². The van der Waals surface area contributed by atoms with Crippen molar-refractivity contribution in [3.05, 3.63) is 53.1 Å². The number of aryl methyl sites for hydroxylation is 3. The molecule has 0 unspecified atom stereocenters. The van der Waals surface area contributed by atoms with E-state index in [1.807, 2.05) is 6.07 Å². The molecule has 0 spiro atoms. The molecule has 2 rings (SSSR count). The number of nitrogens with two attached hydrogens (primary N) is 1. The molecule has 82 valence electrons. The first kappa shape index (κ1) is 10.7. The van der Waals surface area contributed by atoms with Crippen LogP contribution in [0.1, 0.15) is 16.7 Å². The molecule has 1 nitrogen and oxygen atoms in total. The zero-order chi connectivity index (χ0) is 11.7. The Kier molecular flexibility index (Phi) is 2.69. The summed E-state index contributed by atoms with van der Waals surface area (Å²) in [6.45, 7) is 6.28. The van der Waals surface area contributed by atoms with Gasteiger partial charge in [0.15, 0.2) is 0 Å². The van der Waals surface area contributed by atoms with Gasteiger partial charge in [-0.3, -0.25) is 0 Å². The molecule has 0 aliphatic heterocycles. The Hall–Kier alpha value is -1.76. The third-order valence-electron chi connectivity index (χ3n) is 2.74. The van der Waals surface area contributed by atoms with Crippen LogP contribution >= 0.6 is 0 Å². The number of rotatable bonds is 1. The second-order valence-electron chi connectivity index (χ2n) is 4.47. The van der Waals surface area contributed by atoms with Crippen LogP contribution < -0.4 is 5.73 Å². The number of benzene rings is 2. The van der Waals surface area contributed by atoms with Crippen LogP contribution in [0.2, 0.25) is 0 Å². The van der Waals surface area contributed by atoms with Crippen LogP contribution in [0, 0.1) is 20.8 Å². The molecule has 0 aliphatic rings. The normalized spacial score (nSPS) is 10.4. The maximum Gasteiger partial charge on any atom is 0.0396 e. The Morgan fingerprint density at radius 2 is 1.38 bits per heavy atom. The second kappa shape index (κ2) is 4.01. The molecule has 1 heteroatoms. The molecule has 2 aromatic rings. The van der Waals surface area contributed by atoms with Crippen molar-refractivity contribution in [2.75, 3.05) is 5.73 Å². The fraction of sp³-hybridized carbons (Fsp3) is 0.200. The van der Waals surface area contributed by atoms with Crippen LogP contribution in [0.15, 0.2) is 36.4 Å². The maximum atomic E-state index is 6.05. The molecule has 16 heavy (non-hydrogen) atoms. The molecular formula is C15H17N. The van der Waals surface area contributed by atoms with Gasteiger partial charge in [0.2, 0.25) is 0 Å². The van der Waals surface area contributed by atoms with Gasteiger partial charge in [-0.15, -0.1) is 0 Å². The molecule has 0 aliphatic carbocycles. The maximum absolute atomic E-state index is 6.05. The second-order valence-corrected chi connectivity index (χ2v) is 4.47. The van der Waals surface area contributed by atoms with Crippen LogP contribution in [-0.2, 0) is 0 Å². The molecule has 0 saturated heterocycles. The fourth-order valence-corrected chi connectivity index (χ4v) is 2.08. The topological polar surface area (TPSA) is 26.0 Å². The molecule has 2 aromatic carbocycles. The van der Waals surface area contributed by atoms with Crippen molar-refractivity contribution < 1.29 is 0 Å². The van der Waals surface area contributed by atoms with E-state index in [2.05, 4.69) is 51.1 Å². The Bertz CT molecular complexity index is 507. The summed E-state index contributed by atoms with van der Waals surface area (Å²) >= 11 is 0. The monoisotopic (exact) mass is 211 g/mol. The van der Waals surface area contributed by atoms with Crippen LogP contribution in [0.3, 0.4) is 0 Å². The highest BCUT2D eigenvalue weighted by Crippen LogP contribution is 2.28. The standard InChI is InChI=1S/C15H17N/c1-10-4-5-14(15(16)9-10)13-7-11(2)6-12(3)8-13/h4-9H,16H2,1-3H3. The minimum absolute atomic E-state index is 0.852. The minimum atomic E-state index is 0.852. The SMILES string of the molecule is Cc1cc(C)cc(-c2ccc(C)cc2N)c1. The third-order valence-corrected chi connectivity index (χ3v) is 2.74. The largest absolute Gasteiger partial charge is 0.398 e. The van der Waals surface area contributed by atoms with Crippen molar-refractivity contribution in [3.8, 4) is 11.1 Å². The van der Waals surface area contributed by atoms with Crippen LogP contribution in [0.25, 0.3) is 11.1 Å². The van der Waals surface area contributed by atoms with Gasteiger partial charge >= 0.3 is 0 Å². The van der Waals surface area contributed by atoms with Crippen LogP contribution in [0.5, 0.6) is 0 Å².